The predicted molar refractivity (Wildman–Crippen MR) is 85.1 cm³/mol. The third-order valence-corrected chi connectivity index (χ3v) is 4.01. The summed E-state index contributed by atoms with van der Waals surface area (Å²) in [5.41, 5.74) is -0.272. The van der Waals surface area contributed by atoms with Crippen LogP contribution in [-0.4, -0.2) is 42.2 Å². The van der Waals surface area contributed by atoms with Crippen LogP contribution in [0.4, 0.5) is 4.39 Å². The average Bonchev–Trinajstić information content (AvgIpc) is 3.35. The van der Waals surface area contributed by atoms with E-state index in [1.165, 1.54) is 31.0 Å². The molecule has 0 spiro atoms. The van der Waals surface area contributed by atoms with Crippen molar-refractivity contribution in [1.82, 2.24) is 4.90 Å². The molecule has 0 N–H and O–H groups in total. The Hall–Kier alpha value is -1.62. The first-order valence-corrected chi connectivity index (χ1v) is 8.21. The molecule has 1 heterocycles. The van der Waals surface area contributed by atoms with Crippen molar-refractivity contribution in [2.45, 2.75) is 45.3 Å². The first-order chi connectivity index (χ1) is 10.8. The molecule has 0 bridgehead atoms. The number of carbonyl (C=O) groups is 1. The monoisotopic (exact) mass is 321 g/mol. The van der Waals surface area contributed by atoms with Gasteiger partial charge in [0.2, 0.25) is 0 Å². The zero-order valence-electron chi connectivity index (χ0n) is 14.0. The number of nitrogens with zero attached hydrogens (tertiary/aromatic N) is 1. The summed E-state index contributed by atoms with van der Waals surface area (Å²) in [7, 11) is 0. The third kappa shape index (κ3) is 4.67. The van der Waals surface area contributed by atoms with Crippen LogP contribution in [-0.2, 0) is 4.74 Å². The smallest absolute Gasteiger partial charge is 0.338 e. The molecule has 0 aromatic heterocycles. The molecule has 0 radical (unpaired) electrons. The summed E-state index contributed by atoms with van der Waals surface area (Å²) in [6.45, 7) is 8.01. The topological polar surface area (TPSA) is 38.5 Å². The Labute approximate surface area is 136 Å². The second-order valence-electron chi connectivity index (χ2n) is 7.51. The predicted octanol–water partition coefficient (Wildman–Crippen LogP) is 3.25. The Morgan fingerprint density at radius 2 is 2.09 bits per heavy atom. The van der Waals surface area contributed by atoms with Crippen LogP contribution in [0.25, 0.3) is 0 Å². The summed E-state index contributed by atoms with van der Waals surface area (Å²) in [5, 5.41) is 0. The average molecular weight is 321 g/mol. The van der Waals surface area contributed by atoms with Gasteiger partial charge in [-0.1, -0.05) is 0 Å². The molecular weight excluding hydrogens is 297 g/mol. The molecule has 1 saturated carbocycles. The van der Waals surface area contributed by atoms with E-state index in [-0.39, 0.29) is 5.75 Å². The molecule has 1 aromatic carbocycles. The van der Waals surface area contributed by atoms with Gasteiger partial charge in [-0.15, -0.1) is 0 Å². The lowest BCUT2D eigenvalue weighted by molar-refractivity contribution is 0.00690. The van der Waals surface area contributed by atoms with E-state index in [0.29, 0.717) is 18.2 Å². The lowest BCUT2D eigenvalue weighted by Crippen LogP contribution is -2.24. The van der Waals surface area contributed by atoms with E-state index in [9.17, 15) is 9.18 Å². The first kappa shape index (κ1) is 16.2. The van der Waals surface area contributed by atoms with Gasteiger partial charge < -0.3 is 9.47 Å². The number of ether oxygens (including phenoxy) is 2. The Kier molecular flexibility index (Phi) is 4.32. The third-order valence-electron chi connectivity index (χ3n) is 4.01. The van der Waals surface area contributed by atoms with E-state index in [0.717, 1.165) is 19.0 Å². The molecular formula is C18H24FNO3. The van der Waals surface area contributed by atoms with E-state index in [2.05, 4.69) is 4.90 Å². The van der Waals surface area contributed by atoms with E-state index in [1.807, 2.05) is 0 Å². The normalized spacial score (nSPS) is 23.5. The van der Waals surface area contributed by atoms with Crippen molar-refractivity contribution in [2.75, 3.05) is 19.7 Å². The zero-order chi connectivity index (χ0) is 16.6. The maximum atomic E-state index is 13.9. The van der Waals surface area contributed by atoms with Gasteiger partial charge in [0.15, 0.2) is 11.6 Å². The number of carbonyl (C=O) groups excluding carboxylic acids is 1. The summed E-state index contributed by atoms with van der Waals surface area (Å²) in [4.78, 5) is 14.4. The minimum Gasteiger partial charge on any atom is -0.489 e. The molecule has 1 saturated heterocycles. The molecule has 126 valence electrons. The molecule has 2 atom stereocenters. The van der Waals surface area contributed by atoms with Crippen molar-refractivity contribution in [3.8, 4) is 5.75 Å². The highest BCUT2D eigenvalue weighted by molar-refractivity contribution is 5.90. The van der Waals surface area contributed by atoms with Gasteiger partial charge in [0.05, 0.1) is 11.6 Å². The molecule has 23 heavy (non-hydrogen) atoms. The molecule has 4 nitrogen and oxygen atoms in total. The van der Waals surface area contributed by atoms with E-state index in [1.54, 1.807) is 20.8 Å². The van der Waals surface area contributed by atoms with Crippen LogP contribution in [0.3, 0.4) is 0 Å². The van der Waals surface area contributed by atoms with Crippen LogP contribution in [0.1, 0.15) is 44.0 Å². The van der Waals surface area contributed by atoms with E-state index >= 15 is 0 Å². The van der Waals surface area contributed by atoms with Crippen molar-refractivity contribution in [2.24, 2.45) is 5.92 Å². The van der Waals surface area contributed by atoms with Gasteiger partial charge in [0.1, 0.15) is 12.2 Å². The Balaban J connectivity index is 1.56. The van der Waals surface area contributed by atoms with Crippen LogP contribution < -0.4 is 4.74 Å². The van der Waals surface area contributed by atoms with Crippen LogP contribution in [0.5, 0.6) is 5.75 Å². The minimum atomic E-state index is -0.580. The number of esters is 1. The number of halogens is 1. The second-order valence-corrected chi connectivity index (χ2v) is 7.51. The van der Waals surface area contributed by atoms with Gasteiger partial charge in [0.25, 0.3) is 0 Å². The fourth-order valence-corrected chi connectivity index (χ4v) is 2.50. The molecule has 3 rings (SSSR count). The zero-order valence-corrected chi connectivity index (χ0v) is 14.0. The van der Waals surface area contributed by atoms with Gasteiger partial charge in [-0.05, 0) is 57.7 Å². The van der Waals surface area contributed by atoms with Gasteiger partial charge in [0, 0.05) is 13.1 Å². The minimum absolute atomic E-state index is 0.117. The van der Waals surface area contributed by atoms with Gasteiger partial charge in [-0.25, -0.2) is 9.18 Å². The van der Waals surface area contributed by atoms with Crippen molar-refractivity contribution in [3.05, 3.63) is 29.6 Å². The molecule has 2 unspecified atom stereocenters. The highest BCUT2D eigenvalue weighted by Gasteiger charge is 2.38. The van der Waals surface area contributed by atoms with Crippen molar-refractivity contribution in [1.29, 1.82) is 0 Å². The first-order valence-electron chi connectivity index (χ1n) is 8.21. The van der Waals surface area contributed by atoms with E-state index in [4.69, 9.17) is 9.47 Å². The Morgan fingerprint density at radius 1 is 1.35 bits per heavy atom. The number of benzene rings is 1. The van der Waals surface area contributed by atoms with E-state index < -0.39 is 17.4 Å². The lowest BCUT2D eigenvalue weighted by Gasteiger charge is -2.19. The van der Waals surface area contributed by atoms with Crippen LogP contribution >= 0.6 is 0 Å². The quantitative estimate of drug-likeness (QED) is 0.595. The standard InChI is InChI=1S/C18H24FNO3/c1-18(2,3)23-17(21)13-6-7-15(19)16(8-13)22-11-14-10-20(14)9-12-4-5-12/h6-8,12,14H,4-5,9-11H2,1-3H3. The highest BCUT2D eigenvalue weighted by atomic mass is 19.1. The Bertz CT molecular complexity index is 592. The molecule has 2 aliphatic rings. The van der Waals surface area contributed by atoms with Gasteiger partial charge in [-0.2, -0.15) is 0 Å². The van der Waals surface area contributed by atoms with Gasteiger partial charge >= 0.3 is 5.97 Å². The number of hydrogen-bond donors (Lipinski definition) is 0. The fraction of sp³-hybridized carbons (Fsp3) is 0.611. The van der Waals surface area contributed by atoms with Crippen LogP contribution in [0, 0.1) is 11.7 Å². The summed E-state index contributed by atoms with van der Waals surface area (Å²) < 4.78 is 24.8. The van der Waals surface area contributed by atoms with Gasteiger partial charge in [-0.3, -0.25) is 4.90 Å². The van der Waals surface area contributed by atoms with Crippen molar-refractivity contribution >= 4 is 5.97 Å². The summed E-state index contributed by atoms with van der Waals surface area (Å²) in [5.74, 6) is 0.0506. The summed E-state index contributed by atoms with van der Waals surface area (Å²) in [6.07, 6.45) is 2.66. The maximum absolute atomic E-state index is 13.9. The summed E-state index contributed by atoms with van der Waals surface area (Å²) >= 11 is 0. The summed E-state index contributed by atoms with van der Waals surface area (Å²) in [6, 6.07) is 4.48. The maximum Gasteiger partial charge on any atom is 0.338 e. The fourth-order valence-electron chi connectivity index (χ4n) is 2.50. The second kappa shape index (κ2) is 6.11. The van der Waals surface area contributed by atoms with Crippen molar-refractivity contribution in [3.63, 3.8) is 0 Å². The van der Waals surface area contributed by atoms with Crippen molar-refractivity contribution < 1.29 is 18.7 Å². The molecule has 1 aliphatic carbocycles. The highest BCUT2D eigenvalue weighted by Crippen LogP contribution is 2.33. The molecule has 5 heteroatoms. The lowest BCUT2D eigenvalue weighted by atomic mass is 10.1. The molecule has 1 aliphatic heterocycles. The molecule has 1 aromatic rings. The Morgan fingerprint density at radius 3 is 2.74 bits per heavy atom. The number of rotatable bonds is 6. The van der Waals surface area contributed by atoms with Crippen LogP contribution in [0.2, 0.25) is 0 Å². The molecule has 0 amide bonds. The number of hydrogen-bond acceptors (Lipinski definition) is 4. The SMILES string of the molecule is CC(C)(C)OC(=O)c1ccc(F)c(OCC2CN2CC2CC2)c1. The molecule has 2 fully saturated rings. The largest absolute Gasteiger partial charge is 0.489 e. The van der Waals surface area contributed by atoms with Crippen LogP contribution in [0.15, 0.2) is 18.2 Å².